The highest BCUT2D eigenvalue weighted by atomic mass is 79.9. The third-order valence-electron chi connectivity index (χ3n) is 3.56. The Labute approximate surface area is 125 Å². The van der Waals surface area contributed by atoms with Crippen molar-refractivity contribution in [2.75, 3.05) is 5.33 Å². The maximum Gasteiger partial charge on any atom is 0.0100 e. The predicted molar refractivity (Wildman–Crippen MR) is 87.1 cm³/mol. The van der Waals surface area contributed by atoms with Crippen LogP contribution in [0.1, 0.15) is 35.4 Å². The summed E-state index contributed by atoms with van der Waals surface area (Å²) in [6, 6.07) is 19.7. The number of alkyl halides is 1. The summed E-state index contributed by atoms with van der Waals surface area (Å²) in [5, 5.41) is 1.05. The van der Waals surface area contributed by atoms with Crippen LogP contribution in [0.4, 0.5) is 0 Å². The van der Waals surface area contributed by atoms with Gasteiger partial charge in [0.1, 0.15) is 0 Å². The summed E-state index contributed by atoms with van der Waals surface area (Å²) >= 11 is 3.66. The molecule has 0 radical (unpaired) electrons. The van der Waals surface area contributed by atoms with Gasteiger partial charge in [-0.25, -0.2) is 0 Å². The van der Waals surface area contributed by atoms with E-state index < -0.39 is 0 Å². The summed E-state index contributed by atoms with van der Waals surface area (Å²) in [5.74, 6) is 0.628. The van der Waals surface area contributed by atoms with Gasteiger partial charge in [-0.1, -0.05) is 76.1 Å². The molecule has 0 aliphatic carbocycles. The van der Waals surface area contributed by atoms with Crippen LogP contribution in [0.5, 0.6) is 0 Å². The number of rotatable bonds is 6. The van der Waals surface area contributed by atoms with Gasteiger partial charge in [-0.05, 0) is 43.2 Å². The molecule has 1 atom stereocenters. The number of hydrogen-bond donors (Lipinski definition) is 0. The van der Waals surface area contributed by atoms with Gasteiger partial charge < -0.3 is 0 Å². The number of halogens is 1. The molecule has 1 unspecified atom stereocenters. The Bertz CT molecular complexity index is 490. The van der Waals surface area contributed by atoms with Gasteiger partial charge >= 0.3 is 0 Å². The van der Waals surface area contributed by atoms with E-state index >= 15 is 0 Å². The zero-order chi connectivity index (χ0) is 13.5. The van der Waals surface area contributed by atoms with Crippen molar-refractivity contribution in [1.29, 1.82) is 0 Å². The molecule has 0 fully saturated rings. The van der Waals surface area contributed by atoms with Gasteiger partial charge in [0.15, 0.2) is 0 Å². The van der Waals surface area contributed by atoms with Crippen LogP contribution in [-0.4, -0.2) is 5.33 Å². The minimum absolute atomic E-state index is 0.628. The van der Waals surface area contributed by atoms with Crippen LogP contribution < -0.4 is 0 Å². The molecule has 0 N–H and O–H groups in total. The van der Waals surface area contributed by atoms with Crippen LogP contribution in [0, 0.1) is 6.92 Å². The molecule has 1 heteroatoms. The lowest BCUT2D eigenvalue weighted by atomic mass is 9.93. The average Bonchev–Trinajstić information content (AvgIpc) is 2.45. The summed E-state index contributed by atoms with van der Waals surface area (Å²) in [6.45, 7) is 2.17. The summed E-state index contributed by atoms with van der Waals surface area (Å²) in [6.07, 6.45) is 3.66. The van der Waals surface area contributed by atoms with Crippen molar-refractivity contribution in [3.8, 4) is 0 Å². The van der Waals surface area contributed by atoms with Gasteiger partial charge in [0.2, 0.25) is 0 Å². The summed E-state index contributed by atoms with van der Waals surface area (Å²) < 4.78 is 0. The lowest BCUT2D eigenvalue weighted by Gasteiger charge is -2.15. The molecule has 2 aromatic rings. The van der Waals surface area contributed by atoms with E-state index in [0.717, 1.165) is 5.33 Å². The van der Waals surface area contributed by atoms with Crippen LogP contribution in [-0.2, 0) is 6.42 Å². The van der Waals surface area contributed by atoms with Crippen molar-refractivity contribution < 1.29 is 0 Å². The van der Waals surface area contributed by atoms with Crippen molar-refractivity contribution >= 4 is 15.9 Å². The van der Waals surface area contributed by atoms with E-state index in [-0.39, 0.29) is 0 Å². The van der Waals surface area contributed by atoms with Gasteiger partial charge in [-0.15, -0.1) is 0 Å². The van der Waals surface area contributed by atoms with Crippen molar-refractivity contribution in [2.24, 2.45) is 0 Å². The maximum absolute atomic E-state index is 3.66. The molecule has 0 nitrogen and oxygen atoms in total. The first-order valence-electron chi connectivity index (χ1n) is 6.96. The second-order valence-electron chi connectivity index (χ2n) is 5.14. The van der Waals surface area contributed by atoms with Crippen molar-refractivity contribution in [3.05, 3.63) is 71.3 Å². The fourth-order valence-corrected chi connectivity index (χ4v) is 3.15. The first kappa shape index (κ1) is 14.3. The van der Waals surface area contributed by atoms with Crippen molar-refractivity contribution in [2.45, 2.75) is 32.1 Å². The van der Waals surface area contributed by atoms with E-state index in [4.69, 9.17) is 0 Å². The van der Waals surface area contributed by atoms with E-state index in [2.05, 4.69) is 77.5 Å². The highest BCUT2D eigenvalue weighted by Crippen LogP contribution is 2.25. The third kappa shape index (κ3) is 4.50. The van der Waals surface area contributed by atoms with Gasteiger partial charge in [0, 0.05) is 5.33 Å². The Kier molecular flexibility index (Phi) is 5.65. The summed E-state index contributed by atoms with van der Waals surface area (Å²) in [4.78, 5) is 0. The number of hydrogen-bond acceptors (Lipinski definition) is 0. The molecule has 0 spiro atoms. The molecule has 0 saturated carbocycles. The van der Waals surface area contributed by atoms with Crippen molar-refractivity contribution in [1.82, 2.24) is 0 Å². The number of aryl methyl sites for hydroxylation is 2. The molecule has 0 bridgehead atoms. The smallest absolute Gasteiger partial charge is 0.0100 e. The van der Waals surface area contributed by atoms with Gasteiger partial charge in [-0.2, -0.15) is 0 Å². The Morgan fingerprint density at radius 1 is 1.00 bits per heavy atom. The molecule has 100 valence electrons. The Morgan fingerprint density at radius 2 is 1.79 bits per heavy atom. The molecule has 19 heavy (non-hydrogen) atoms. The molecule has 0 heterocycles. The third-order valence-corrected chi connectivity index (χ3v) is 4.34. The quantitative estimate of drug-likeness (QED) is 0.617. The zero-order valence-corrected chi connectivity index (χ0v) is 13.1. The molecule has 2 rings (SSSR count). The van der Waals surface area contributed by atoms with Gasteiger partial charge in [-0.3, -0.25) is 0 Å². The van der Waals surface area contributed by atoms with E-state index in [9.17, 15) is 0 Å². The zero-order valence-electron chi connectivity index (χ0n) is 11.5. The SMILES string of the molecule is Cc1cccc(C(CBr)CCCc2ccccc2)c1. The summed E-state index contributed by atoms with van der Waals surface area (Å²) in [5.41, 5.74) is 4.26. The molecular formula is C18H21Br. The molecular weight excluding hydrogens is 296 g/mol. The van der Waals surface area contributed by atoms with E-state index in [1.165, 1.54) is 36.0 Å². The molecule has 0 amide bonds. The lowest BCUT2D eigenvalue weighted by Crippen LogP contribution is -2.01. The molecule has 2 aromatic carbocycles. The van der Waals surface area contributed by atoms with E-state index in [1.54, 1.807) is 0 Å². The highest BCUT2D eigenvalue weighted by Gasteiger charge is 2.09. The van der Waals surface area contributed by atoms with E-state index in [0.29, 0.717) is 5.92 Å². The van der Waals surface area contributed by atoms with Crippen LogP contribution in [0.15, 0.2) is 54.6 Å². The van der Waals surface area contributed by atoms with Crippen LogP contribution in [0.3, 0.4) is 0 Å². The second kappa shape index (κ2) is 7.49. The van der Waals surface area contributed by atoms with Crippen LogP contribution in [0.25, 0.3) is 0 Å². The normalized spacial score (nSPS) is 12.3. The lowest BCUT2D eigenvalue weighted by molar-refractivity contribution is 0.642. The van der Waals surface area contributed by atoms with Crippen LogP contribution in [0.2, 0.25) is 0 Å². The minimum atomic E-state index is 0.628. The molecule has 0 aromatic heterocycles. The molecule has 0 aliphatic rings. The van der Waals surface area contributed by atoms with Crippen molar-refractivity contribution in [3.63, 3.8) is 0 Å². The standard InChI is InChI=1S/C18H21Br/c1-15-7-5-11-17(13-15)18(14-19)12-6-10-16-8-3-2-4-9-16/h2-5,7-9,11,13,18H,6,10,12,14H2,1H3. The second-order valence-corrected chi connectivity index (χ2v) is 5.79. The van der Waals surface area contributed by atoms with Crippen LogP contribution >= 0.6 is 15.9 Å². The van der Waals surface area contributed by atoms with Gasteiger partial charge in [0.05, 0.1) is 0 Å². The monoisotopic (exact) mass is 316 g/mol. The molecule has 0 saturated heterocycles. The molecule has 0 aliphatic heterocycles. The first-order valence-corrected chi connectivity index (χ1v) is 8.08. The van der Waals surface area contributed by atoms with E-state index in [1.807, 2.05) is 0 Å². The Hall–Kier alpha value is -1.08. The fraction of sp³-hybridized carbons (Fsp3) is 0.333. The fourth-order valence-electron chi connectivity index (χ4n) is 2.45. The highest BCUT2D eigenvalue weighted by molar-refractivity contribution is 9.09. The minimum Gasteiger partial charge on any atom is -0.0921 e. The average molecular weight is 317 g/mol. The first-order chi connectivity index (χ1) is 9.29. The summed E-state index contributed by atoms with van der Waals surface area (Å²) in [7, 11) is 0. The maximum atomic E-state index is 3.66. The Morgan fingerprint density at radius 3 is 2.47 bits per heavy atom. The van der Waals surface area contributed by atoms with Gasteiger partial charge in [0.25, 0.3) is 0 Å². The Balaban J connectivity index is 1.89. The topological polar surface area (TPSA) is 0 Å². The number of benzene rings is 2. The predicted octanol–water partition coefficient (Wildman–Crippen LogP) is 5.50. The largest absolute Gasteiger partial charge is 0.0921 e.